The standard InChI is InChI=1S/C55H106O6/c1-7-50(5)42-36-30-24-21-22-25-32-38-44-53(56)59-47-52(48-60-54(57)45-39-33-28-27-31-37-43-51(6)8-2)61-55(58)46-40-34-26-20-18-16-14-12-10-9-11-13-15-17-19-23-29-35-41-49(3)4/h49-52H,7-48H2,1-6H3/t50?,51?,52-/m1/s1. The number of carbonyl (C=O) groups excluding carboxylic acids is 3. The lowest BCUT2D eigenvalue weighted by molar-refractivity contribution is -0.167. The number of unbranched alkanes of at least 4 members (excludes halogenated alkanes) is 29. The van der Waals surface area contributed by atoms with Crippen molar-refractivity contribution in [3.8, 4) is 0 Å². The maximum Gasteiger partial charge on any atom is 0.306 e. The van der Waals surface area contributed by atoms with Gasteiger partial charge in [0.15, 0.2) is 6.10 Å². The fraction of sp³-hybridized carbons (Fsp3) is 0.945. The van der Waals surface area contributed by atoms with Gasteiger partial charge in [0.2, 0.25) is 0 Å². The number of esters is 3. The van der Waals surface area contributed by atoms with Crippen molar-refractivity contribution in [3.63, 3.8) is 0 Å². The summed E-state index contributed by atoms with van der Waals surface area (Å²) >= 11 is 0. The first-order valence-electron chi connectivity index (χ1n) is 27.2. The van der Waals surface area contributed by atoms with Crippen molar-refractivity contribution >= 4 is 17.9 Å². The highest BCUT2D eigenvalue weighted by molar-refractivity contribution is 5.71. The minimum atomic E-state index is -0.763. The highest BCUT2D eigenvalue weighted by Gasteiger charge is 2.19. The second-order valence-electron chi connectivity index (χ2n) is 19.8. The van der Waals surface area contributed by atoms with Crippen LogP contribution < -0.4 is 0 Å². The molecule has 0 fully saturated rings. The second-order valence-corrected chi connectivity index (χ2v) is 19.8. The van der Waals surface area contributed by atoms with Gasteiger partial charge in [0.1, 0.15) is 13.2 Å². The van der Waals surface area contributed by atoms with Gasteiger partial charge in [-0.1, -0.05) is 260 Å². The van der Waals surface area contributed by atoms with Crippen LogP contribution in [0, 0.1) is 17.8 Å². The van der Waals surface area contributed by atoms with Gasteiger partial charge in [0.05, 0.1) is 0 Å². The monoisotopic (exact) mass is 863 g/mol. The molecule has 0 rings (SSSR count). The van der Waals surface area contributed by atoms with Gasteiger partial charge in [0, 0.05) is 19.3 Å². The van der Waals surface area contributed by atoms with Gasteiger partial charge in [-0.2, -0.15) is 0 Å². The Morgan fingerprint density at radius 3 is 0.852 bits per heavy atom. The van der Waals surface area contributed by atoms with Crippen molar-refractivity contribution in [1.82, 2.24) is 0 Å². The molecule has 6 heteroatoms. The van der Waals surface area contributed by atoms with Gasteiger partial charge in [-0.3, -0.25) is 14.4 Å². The quantitative estimate of drug-likeness (QED) is 0.0344. The zero-order valence-electron chi connectivity index (χ0n) is 42.0. The van der Waals surface area contributed by atoms with Crippen molar-refractivity contribution in [1.29, 1.82) is 0 Å². The van der Waals surface area contributed by atoms with Crippen molar-refractivity contribution in [2.24, 2.45) is 17.8 Å². The molecule has 0 radical (unpaired) electrons. The average molecular weight is 863 g/mol. The molecule has 362 valence electrons. The first-order valence-corrected chi connectivity index (χ1v) is 27.2. The minimum absolute atomic E-state index is 0.0655. The van der Waals surface area contributed by atoms with E-state index in [1.165, 1.54) is 180 Å². The summed E-state index contributed by atoms with van der Waals surface area (Å²) < 4.78 is 16.8. The van der Waals surface area contributed by atoms with Gasteiger partial charge in [-0.05, 0) is 37.0 Å². The molecule has 3 atom stereocenters. The fourth-order valence-electron chi connectivity index (χ4n) is 8.23. The lowest BCUT2D eigenvalue weighted by Crippen LogP contribution is -2.30. The van der Waals surface area contributed by atoms with Gasteiger partial charge in [-0.15, -0.1) is 0 Å². The van der Waals surface area contributed by atoms with Crippen LogP contribution >= 0.6 is 0 Å². The van der Waals surface area contributed by atoms with E-state index in [-0.39, 0.29) is 31.1 Å². The maximum absolute atomic E-state index is 12.8. The normalized spacial score (nSPS) is 13.0. The average Bonchev–Trinajstić information content (AvgIpc) is 3.24. The molecule has 0 saturated heterocycles. The molecule has 0 spiro atoms. The smallest absolute Gasteiger partial charge is 0.306 e. The van der Waals surface area contributed by atoms with E-state index in [0.29, 0.717) is 19.3 Å². The molecule has 0 aliphatic rings. The van der Waals surface area contributed by atoms with Gasteiger partial charge < -0.3 is 14.2 Å². The number of rotatable bonds is 48. The fourth-order valence-corrected chi connectivity index (χ4v) is 8.23. The molecule has 0 aliphatic heterocycles. The zero-order chi connectivity index (χ0) is 44.9. The molecule has 0 heterocycles. The summed E-state index contributed by atoms with van der Waals surface area (Å²) in [6, 6.07) is 0. The van der Waals surface area contributed by atoms with Crippen LogP contribution in [0.1, 0.15) is 298 Å². The first kappa shape index (κ1) is 59.4. The highest BCUT2D eigenvalue weighted by Crippen LogP contribution is 2.19. The molecule has 0 bridgehead atoms. The van der Waals surface area contributed by atoms with Gasteiger partial charge in [-0.25, -0.2) is 0 Å². The SMILES string of the molecule is CCC(C)CCCCCCCCCCC(=O)OC[C@H](COC(=O)CCCCCCCCC(C)CC)OC(=O)CCCCCCCCCCCCCCCCCCCCC(C)C. The Bertz CT molecular complexity index is 949. The molecular weight excluding hydrogens is 757 g/mol. The third-order valence-electron chi connectivity index (χ3n) is 13.1. The summed E-state index contributed by atoms with van der Waals surface area (Å²) in [4.78, 5) is 37.9. The molecule has 0 aromatic carbocycles. The third kappa shape index (κ3) is 46.2. The predicted octanol–water partition coefficient (Wildman–Crippen LogP) is 17.6. The van der Waals surface area contributed by atoms with Gasteiger partial charge >= 0.3 is 17.9 Å². The van der Waals surface area contributed by atoms with E-state index in [2.05, 4.69) is 41.5 Å². The van der Waals surface area contributed by atoms with Crippen LogP contribution in [0.3, 0.4) is 0 Å². The van der Waals surface area contributed by atoms with E-state index < -0.39 is 6.10 Å². The molecular formula is C55H106O6. The topological polar surface area (TPSA) is 78.9 Å². The van der Waals surface area contributed by atoms with E-state index in [1.54, 1.807) is 0 Å². The summed E-state index contributed by atoms with van der Waals surface area (Å²) in [5.74, 6) is 1.67. The van der Waals surface area contributed by atoms with Crippen LogP contribution in [0.5, 0.6) is 0 Å². The molecule has 61 heavy (non-hydrogen) atoms. The van der Waals surface area contributed by atoms with Crippen LogP contribution in [0.25, 0.3) is 0 Å². The number of ether oxygens (including phenoxy) is 3. The molecule has 0 aliphatic carbocycles. The zero-order valence-corrected chi connectivity index (χ0v) is 42.0. The Morgan fingerprint density at radius 2 is 0.574 bits per heavy atom. The van der Waals surface area contributed by atoms with Crippen LogP contribution in [0.2, 0.25) is 0 Å². The summed E-state index contributed by atoms with van der Waals surface area (Å²) in [6.07, 6.45) is 46.7. The number of carbonyl (C=O) groups is 3. The van der Waals surface area contributed by atoms with Gasteiger partial charge in [0.25, 0.3) is 0 Å². The maximum atomic E-state index is 12.8. The van der Waals surface area contributed by atoms with Crippen LogP contribution in [0.15, 0.2) is 0 Å². The second kappa shape index (κ2) is 46.4. The summed E-state index contributed by atoms with van der Waals surface area (Å²) in [6.45, 7) is 13.7. The van der Waals surface area contributed by atoms with E-state index >= 15 is 0 Å². The van der Waals surface area contributed by atoms with Crippen LogP contribution in [-0.2, 0) is 28.6 Å². The molecule has 2 unspecified atom stereocenters. The van der Waals surface area contributed by atoms with E-state index in [4.69, 9.17) is 14.2 Å². The first-order chi connectivity index (χ1) is 29.7. The Balaban J connectivity index is 4.23. The Kier molecular flexibility index (Phi) is 45.2. The van der Waals surface area contributed by atoms with E-state index in [0.717, 1.165) is 75.5 Å². The van der Waals surface area contributed by atoms with E-state index in [1.807, 2.05) is 0 Å². The highest BCUT2D eigenvalue weighted by atomic mass is 16.6. The molecule has 0 amide bonds. The molecule has 0 aromatic rings. The Hall–Kier alpha value is -1.59. The summed E-state index contributed by atoms with van der Waals surface area (Å²) in [5, 5.41) is 0. The number of hydrogen-bond acceptors (Lipinski definition) is 6. The minimum Gasteiger partial charge on any atom is -0.462 e. The third-order valence-corrected chi connectivity index (χ3v) is 13.1. The van der Waals surface area contributed by atoms with Crippen molar-refractivity contribution < 1.29 is 28.6 Å². The van der Waals surface area contributed by atoms with Crippen LogP contribution in [0.4, 0.5) is 0 Å². The summed E-state index contributed by atoms with van der Waals surface area (Å²) in [5.41, 5.74) is 0. The van der Waals surface area contributed by atoms with Crippen LogP contribution in [-0.4, -0.2) is 37.2 Å². The molecule has 0 aromatic heterocycles. The summed E-state index contributed by atoms with van der Waals surface area (Å²) in [7, 11) is 0. The predicted molar refractivity (Wildman–Crippen MR) is 261 cm³/mol. The van der Waals surface area contributed by atoms with Crippen molar-refractivity contribution in [2.45, 2.75) is 304 Å². The molecule has 6 nitrogen and oxygen atoms in total. The van der Waals surface area contributed by atoms with Crippen molar-refractivity contribution in [2.75, 3.05) is 13.2 Å². The molecule has 0 saturated carbocycles. The Morgan fingerprint density at radius 1 is 0.328 bits per heavy atom. The van der Waals surface area contributed by atoms with E-state index in [9.17, 15) is 14.4 Å². The number of hydrogen-bond donors (Lipinski definition) is 0. The Labute approximate surface area is 380 Å². The molecule has 0 N–H and O–H groups in total. The lowest BCUT2D eigenvalue weighted by Gasteiger charge is -2.18. The van der Waals surface area contributed by atoms with Crippen molar-refractivity contribution in [3.05, 3.63) is 0 Å². The largest absolute Gasteiger partial charge is 0.462 e. The lowest BCUT2D eigenvalue weighted by atomic mass is 9.99.